The van der Waals surface area contributed by atoms with Gasteiger partial charge in [-0.25, -0.2) is 0 Å². The molecular formula is C21H35N3O. The van der Waals surface area contributed by atoms with E-state index in [4.69, 9.17) is 0 Å². The van der Waals surface area contributed by atoms with Crippen molar-refractivity contribution >= 4 is 11.6 Å². The Morgan fingerprint density at radius 1 is 1.08 bits per heavy atom. The number of anilines is 1. The minimum Gasteiger partial charge on any atom is -0.369 e. The van der Waals surface area contributed by atoms with E-state index in [1.807, 2.05) is 17.0 Å². The van der Waals surface area contributed by atoms with Crippen LogP contribution in [0.25, 0.3) is 0 Å². The van der Waals surface area contributed by atoms with Gasteiger partial charge < -0.3 is 9.80 Å². The van der Waals surface area contributed by atoms with Crippen LogP contribution in [-0.2, 0) is 0 Å². The van der Waals surface area contributed by atoms with Gasteiger partial charge >= 0.3 is 0 Å². The molecule has 2 rings (SSSR count). The average Bonchev–Trinajstić information content (AvgIpc) is 2.81. The van der Waals surface area contributed by atoms with Crippen molar-refractivity contribution in [3.05, 3.63) is 29.8 Å². The first-order valence-corrected chi connectivity index (χ1v) is 9.65. The molecule has 0 unspecified atom stereocenters. The summed E-state index contributed by atoms with van der Waals surface area (Å²) in [7, 11) is 0. The fourth-order valence-electron chi connectivity index (χ4n) is 3.62. The Bertz CT molecular complexity index is 559. The number of hydrogen-bond acceptors (Lipinski definition) is 3. The van der Waals surface area contributed by atoms with Crippen LogP contribution in [0, 0.1) is 0 Å². The highest BCUT2D eigenvalue weighted by molar-refractivity contribution is 5.94. The molecule has 1 saturated heterocycles. The van der Waals surface area contributed by atoms with Crippen molar-refractivity contribution in [2.45, 2.75) is 59.5 Å². The predicted octanol–water partition coefficient (Wildman–Crippen LogP) is 3.87. The van der Waals surface area contributed by atoms with Crippen LogP contribution in [0.5, 0.6) is 0 Å². The Morgan fingerprint density at radius 2 is 1.72 bits per heavy atom. The second-order valence-corrected chi connectivity index (χ2v) is 8.23. The lowest BCUT2D eigenvalue weighted by Gasteiger charge is -2.34. The molecule has 0 atom stereocenters. The average molecular weight is 346 g/mol. The van der Waals surface area contributed by atoms with E-state index in [0.29, 0.717) is 6.04 Å². The summed E-state index contributed by atoms with van der Waals surface area (Å²) in [5, 5.41) is 0. The van der Waals surface area contributed by atoms with E-state index in [2.05, 4.69) is 63.5 Å². The third-order valence-corrected chi connectivity index (χ3v) is 5.14. The zero-order valence-electron chi connectivity index (χ0n) is 16.9. The number of carbonyl (C=O) groups excluding carboxylic acids is 1. The van der Waals surface area contributed by atoms with Crippen molar-refractivity contribution in [3.8, 4) is 0 Å². The van der Waals surface area contributed by atoms with Gasteiger partial charge in [0.25, 0.3) is 5.91 Å². The first kappa shape index (κ1) is 19.8. The van der Waals surface area contributed by atoms with E-state index in [0.717, 1.165) is 44.7 Å². The second-order valence-electron chi connectivity index (χ2n) is 8.23. The molecule has 140 valence electrons. The fraction of sp³-hybridized carbons (Fsp3) is 0.667. The molecule has 4 heteroatoms. The highest BCUT2D eigenvalue weighted by atomic mass is 16.2. The van der Waals surface area contributed by atoms with Gasteiger partial charge in [0.05, 0.1) is 0 Å². The summed E-state index contributed by atoms with van der Waals surface area (Å²) in [5.41, 5.74) is 2.15. The lowest BCUT2D eigenvalue weighted by molar-refractivity contribution is 0.0749. The summed E-state index contributed by atoms with van der Waals surface area (Å²) >= 11 is 0. The Kier molecular flexibility index (Phi) is 6.50. The van der Waals surface area contributed by atoms with Crippen molar-refractivity contribution in [1.82, 2.24) is 9.80 Å². The molecule has 1 fully saturated rings. The number of rotatable bonds is 4. The molecular weight excluding hydrogens is 310 g/mol. The highest BCUT2D eigenvalue weighted by Crippen LogP contribution is 2.20. The molecule has 0 spiro atoms. The van der Waals surface area contributed by atoms with Gasteiger partial charge in [0.1, 0.15) is 0 Å². The Balaban J connectivity index is 2.05. The number of benzene rings is 1. The molecule has 0 aromatic heterocycles. The van der Waals surface area contributed by atoms with Crippen molar-refractivity contribution < 1.29 is 4.79 Å². The van der Waals surface area contributed by atoms with E-state index in [-0.39, 0.29) is 11.4 Å². The molecule has 4 nitrogen and oxygen atoms in total. The molecule has 0 radical (unpaired) electrons. The molecule has 0 aliphatic carbocycles. The lowest BCUT2D eigenvalue weighted by atomic mass is 10.1. The Hall–Kier alpha value is -1.55. The van der Waals surface area contributed by atoms with Crippen molar-refractivity contribution in [3.63, 3.8) is 0 Å². The number of carbonyl (C=O) groups is 1. The van der Waals surface area contributed by atoms with Crippen LogP contribution < -0.4 is 4.90 Å². The summed E-state index contributed by atoms with van der Waals surface area (Å²) in [6.07, 6.45) is 1.04. The number of amides is 1. The van der Waals surface area contributed by atoms with Gasteiger partial charge in [-0.3, -0.25) is 9.69 Å². The van der Waals surface area contributed by atoms with Crippen LogP contribution in [0.2, 0.25) is 0 Å². The summed E-state index contributed by atoms with van der Waals surface area (Å²) < 4.78 is 0. The maximum Gasteiger partial charge on any atom is 0.253 e. The van der Waals surface area contributed by atoms with Crippen molar-refractivity contribution in [1.29, 1.82) is 0 Å². The van der Waals surface area contributed by atoms with Crippen LogP contribution >= 0.6 is 0 Å². The molecule has 1 aliphatic rings. The first-order valence-electron chi connectivity index (χ1n) is 9.65. The monoisotopic (exact) mass is 345 g/mol. The predicted molar refractivity (Wildman–Crippen MR) is 106 cm³/mol. The molecule has 1 aromatic carbocycles. The standard InChI is InChI=1S/C21H35N3O/c1-7-24(17(2)3)19-11-9-18(10-12-19)20(25)22-13-8-14-23(16-15-22)21(4,5)6/h9-12,17H,7-8,13-16H2,1-6H3. The quantitative estimate of drug-likeness (QED) is 0.829. The summed E-state index contributed by atoms with van der Waals surface area (Å²) in [6.45, 7) is 17.9. The smallest absolute Gasteiger partial charge is 0.253 e. The van der Waals surface area contributed by atoms with E-state index in [1.54, 1.807) is 0 Å². The van der Waals surface area contributed by atoms with E-state index in [1.165, 1.54) is 5.69 Å². The fourth-order valence-corrected chi connectivity index (χ4v) is 3.62. The van der Waals surface area contributed by atoms with Crippen molar-refractivity contribution in [2.75, 3.05) is 37.6 Å². The van der Waals surface area contributed by atoms with Crippen LogP contribution in [0.3, 0.4) is 0 Å². The second kappa shape index (κ2) is 8.22. The largest absolute Gasteiger partial charge is 0.369 e. The zero-order chi connectivity index (χ0) is 18.6. The number of nitrogens with zero attached hydrogens (tertiary/aromatic N) is 3. The molecule has 1 aromatic rings. The van der Waals surface area contributed by atoms with Crippen molar-refractivity contribution in [2.24, 2.45) is 0 Å². The van der Waals surface area contributed by atoms with E-state index < -0.39 is 0 Å². The summed E-state index contributed by atoms with van der Waals surface area (Å²) in [4.78, 5) is 19.7. The van der Waals surface area contributed by atoms with Gasteiger partial charge in [0.15, 0.2) is 0 Å². The Morgan fingerprint density at radius 3 is 2.24 bits per heavy atom. The highest BCUT2D eigenvalue weighted by Gasteiger charge is 2.26. The SMILES string of the molecule is CCN(c1ccc(C(=O)N2CCCN(C(C)(C)C)CC2)cc1)C(C)C. The van der Waals surface area contributed by atoms with Gasteiger partial charge in [0, 0.05) is 55.6 Å². The van der Waals surface area contributed by atoms with Gasteiger partial charge in [-0.15, -0.1) is 0 Å². The summed E-state index contributed by atoms with van der Waals surface area (Å²) in [6, 6.07) is 8.58. The third-order valence-electron chi connectivity index (χ3n) is 5.14. The molecule has 1 amide bonds. The zero-order valence-corrected chi connectivity index (χ0v) is 16.9. The molecule has 0 saturated carbocycles. The molecule has 1 heterocycles. The normalized spacial score (nSPS) is 16.8. The van der Waals surface area contributed by atoms with Crippen LogP contribution in [0.4, 0.5) is 5.69 Å². The van der Waals surface area contributed by atoms with Gasteiger partial charge in [-0.2, -0.15) is 0 Å². The Labute approximate surface area is 153 Å². The van der Waals surface area contributed by atoms with E-state index in [9.17, 15) is 4.79 Å². The first-order chi connectivity index (χ1) is 11.7. The van der Waals surface area contributed by atoms with Gasteiger partial charge in [-0.1, -0.05) is 0 Å². The van der Waals surface area contributed by atoms with Crippen LogP contribution in [-0.4, -0.2) is 60.0 Å². The van der Waals surface area contributed by atoms with Crippen LogP contribution in [0.15, 0.2) is 24.3 Å². The van der Waals surface area contributed by atoms with E-state index >= 15 is 0 Å². The minimum absolute atomic E-state index is 0.162. The minimum atomic E-state index is 0.162. The molecule has 1 aliphatic heterocycles. The third kappa shape index (κ3) is 4.97. The maximum atomic E-state index is 12.9. The number of hydrogen-bond donors (Lipinski definition) is 0. The van der Waals surface area contributed by atoms with Gasteiger partial charge in [-0.05, 0) is 72.2 Å². The molecule has 25 heavy (non-hydrogen) atoms. The summed E-state index contributed by atoms with van der Waals surface area (Å²) in [5.74, 6) is 0.162. The van der Waals surface area contributed by atoms with Gasteiger partial charge in [0.2, 0.25) is 0 Å². The lowest BCUT2D eigenvalue weighted by Crippen LogP contribution is -2.44. The molecule has 0 bridgehead atoms. The molecule has 0 N–H and O–H groups in total. The topological polar surface area (TPSA) is 26.8 Å². The maximum absolute atomic E-state index is 12.9. The van der Waals surface area contributed by atoms with Crippen LogP contribution in [0.1, 0.15) is 58.3 Å².